The number of nitrogens with zero attached hydrogens (tertiary/aromatic N) is 1. The predicted molar refractivity (Wildman–Crippen MR) is 40.4 cm³/mol. The third kappa shape index (κ3) is 0.774. The number of fused-ring (bicyclic) bond motifs is 1. The van der Waals surface area contributed by atoms with E-state index in [0.29, 0.717) is 5.58 Å². The smallest absolute Gasteiger partial charge is 0.208 e. The van der Waals surface area contributed by atoms with Crippen molar-refractivity contribution < 1.29 is 9.63 Å². The molecule has 0 amide bonds. The predicted octanol–water partition coefficient (Wildman–Crippen LogP) is 1.84. The van der Waals surface area contributed by atoms with Gasteiger partial charge >= 0.3 is 0 Å². The largest absolute Gasteiger partial charge is 0.504 e. The van der Waals surface area contributed by atoms with Gasteiger partial charge in [0.1, 0.15) is 0 Å². The van der Waals surface area contributed by atoms with E-state index in [1.807, 2.05) is 13.0 Å². The third-order valence-corrected chi connectivity index (χ3v) is 1.72. The SMILES string of the molecule is Cc1ccc(O)c2oncc12. The number of hydrogen-bond acceptors (Lipinski definition) is 3. The number of aromatic nitrogens is 1. The van der Waals surface area contributed by atoms with Gasteiger partial charge in [0.2, 0.25) is 5.58 Å². The van der Waals surface area contributed by atoms with E-state index in [1.54, 1.807) is 12.3 Å². The van der Waals surface area contributed by atoms with Gasteiger partial charge in [-0.25, -0.2) is 0 Å². The van der Waals surface area contributed by atoms with Crippen LogP contribution in [0.15, 0.2) is 22.9 Å². The lowest BCUT2D eigenvalue weighted by Gasteiger charge is -1.93. The van der Waals surface area contributed by atoms with Crippen LogP contribution in [0.5, 0.6) is 5.75 Å². The fraction of sp³-hybridized carbons (Fsp3) is 0.125. The van der Waals surface area contributed by atoms with E-state index in [0.717, 1.165) is 10.9 Å². The third-order valence-electron chi connectivity index (χ3n) is 1.72. The molecule has 2 aromatic rings. The lowest BCUT2D eigenvalue weighted by Crippen LogP contribution is -1.72. The summed E-state index contributed by atoms with van der Waals surface area (Å²) in [7, 11) is 0. The summed E-state index contributed by atoms with van der Waals surface area (Å²) in [6, 6.07) is 3.43. The number of rotatable bonds is 0. The molecule has 0 aliphatic rings. The van der Waals surface area contributed by atoms with Crippen LogP contribution < -0.4 is 0 Å². The monoisotopic (exact) mass is 149 g/mol. The van der Waals surface area contributed by atoms with Crippen LogP contribution in [-0.4, -0.2) is 10.3 Å². The lowest BCUT2D eigenvalue weighted by atomic mass is 10.1. The number of phenols is 1. The molecule has 0 bridgehead atoms. The zero-order valence-electron chi connectivity index (χ0n) is 6.03. The second kappa shape index (κ2) is 1.99. The van der Waals surface area contributed by atoms with E-state index in [1.165, 1.54) is 0 Å². The Labute approximate surface area is 63.2 Å². The number of phenolic OH excluding ortho intramolecular Hbond substituents is 1. The van der Waals surface area contributed by atoms with Gasteiger partial charge < -0.3 is 9.63 Å². The van der Waals surface area contributed by atoms with Crippen LogP contribution in [0.4, 0.5) is 0 Å². The molecule has 1 heterocycles. The van der Waals surface area contributed by atoms with E-state index < -0.39 is 0 Å². The fourth-order valence-corrected chi connectivity index (χ4v) is 1.07. The molecular weight excluding hydrogens is 142 g/mol. The number of benzene rings is 1. The van der Waals surface area contributed by atoms with Crippen molar-refractivity contribution in [1.29, 1.82) is 0 Å². The standard InChI is InChI=1S/C8H7NO2/c1-5-2-3-7(10)8-6(5)4-9-11-8/h2-4,10H,1H3. The molecule has 0 fully saturated rings. The highest BCUT2D eigenvalue weighted by Crippen LogP contribution is 2.26. The molecule has 0 spiro atoms. The van der Waals surface area contributed by atoms with Crippen LogP contribution in [0.25, 0.3) is 11.0 Å². The minimum atomic E-state index is 0.142. The number of aromatic hydroxyl groups is 1. The van der Waals surface area contributed by atoms with Gasteiger partial charge in [0.05, 0.1) is 6.20 Å². The van der Waals surface area contributed by atoms with Crippen LogP contribution in [0.3, 0.4) is 0 Å². The topological polar surface area (TPSA) is 46.3 Å². The Morgan fingerprint density at radius 1 is 1.45 bits per heavy atom. The summed E-state index contributed by atoms with van der Waals surface area (Å²) >= 11 is 0. The first-order valence-corrected chi connectivity index (χ1v) is 3.32. The van der Waals surface area contributed by atoms with Crippen molar-refractivity contribution >= 4 is 11.0 Å². The molecule has 1 aromatic carbocycles. The van der Waals surface area contributed by atoms with Crippen LogP contribution in [0.1, 0.15) is 5.56 Å². The fourth-order valence-electron chi connectivity index (χ4n) is 1.07. The first kappa shape index (κ1) is 6.22. The maximum Gasteiger partial charge on any atom is 0.208 e. The van der Waals surface area contributed by atoms with Crippen molar-refractivity contribution in [3.05, 3.63) is 23.9 Å². The maximum atomic E-state index is 9.25. The van der Waals surface area contributed by atoms with E-state index >= 15 is 0 Å². The quantitative estimate of drug-likeness (QED) is 0.621. The summed E-state index contributed by atoms with van der Waals surface area (Å²) in [6.07, 6.45) is 1.60. The molecule has 0 aliphatic heterocycles. The highest BCUT2D eigenvalue weighted by atomic mass is 16.5. The van der Waals surface area contributed by atoms with Gasteiger partial charge in [-0.3, -0.25) is 0 Å². The number of aryl methyl sites for hydroxylation is 1. The van der Waals surface area contributed by atoms with E-state index in [-0.39, 0.29) is 5.75 Å². The molecule has 0 unspecified atom stereocenters. The van der Waals surface area contributed by atoms with E-state index in [2.05, 4.69) is 5.16 Å². The second-order valence-electron chi connectivity index (χ2n) is 2.47. The summed E-state index contributed by atoms with van der Waals surface area (Å²) in [4.78, 5) is 0. The average Bonchev–Trinajstić information content (AvgIpc) is 2.45. The summed E-state index contributed by atoms with van der Waals surface area (Å²) < 4.78 is 4.83. The summed E-state index contributed by atoms with van der Waals surface area (Å²) in [5.74, 6) is 0.142. The van der Waals surface area contributed by atoms with Crippen LogP contribution in [-0.2, 0) is 0 Å². The molecule has 1 N–H and O–H groups in total. The summed E-state index contributed by atoms with van der Waals surface area (Å²) in [5, 5.41) is 13.7. The Bertz CT molecular complexity index is 356. The zero-order valence-corrected chi connectivity index (χ0v) is 6.03. The molecule has 0 aliphatic carbocycles. The minimum Gasteiger partial charge on any atom is -0.504 e. The van der Waals surface area contributed by atoms with Gasteiger partial charge in [0, 0.05) is 5.39 Å². The Hall–Kier alpha value is -1.51. The molecule has 56 valence electrons. The van der Waals surface area contributed by atoms with Gasteiger partial charge in [-0.05, 0) is 18.6 Å². The van der Waals surface area contributed by atoms with Crippen molar-refractivity contribution in [2.75, 3.05) is 0 Å². The van der Waals surface area contributed by atoms with Gasteiger partial charge in [-0.15, -0.1) is 0 Å². The lowest BCUT2D eigenvalue weighted by molar-refractivity contribution is 0.422. The van der Waals surface area contributed by atoms with Gasteiger partial charge in [-0.2, -0.15) is 0 Å². The minimum absolute atomic E-state index is 0.142. The first-order chi connectivity index (χ1) is 5.29. The number of hydrogen-bond donors (Lipinski definition) is 1. The highest BCUT2D eigenvalue weighted by molar-refractivity contribution is 5.84. The molecule has 1 aromatic heterocycles. The molecule has 3 nitrogen and oxygen atoms in total. The van der Waals surface area contributed by atoms with Crippen molar-refractivity contribution in [2.24, 2.45) is 0 Å². The zero-order chi connectivity index (χ0) is 7.84. The van der Waals surface area contributed by atoms with Crippen LogP contribution in [0, 0.1) is 6.92 Å². The Balaban J connectivity index is 2.96. The molecule has 3 heteroatoms. The first-order valence-electron chi connectivity index (χ1n) is 3.32. The Kier molecular flexibility index (Phi) is 1.12. The summed E-state index contributed by atoms with van der Waals surface area (Å²) in [6.45, 7) is 1.94. The molecule has 0 saturated heterocycles. The average molecular weight is 149 g/mol. The van der Waals surface area contributed by atoms with Gasteiger partial charge in [-0.1, -0.05) is 11.2 Å². The second-order valence-corrected chi connectivity index (χ2v) is 2.47. The Morgan fingerprint density at radius 3 is 3.00 bits per heavy atom. The van der Waals surface area contributed by atoms with E-state index in [9.17, 15) is 5.11 Å². The molecule has 11 heavy (non-hydrogen) atoms. The van der Waals surface area contributed by atoms with Crippen molar-refractivity contribution in [3.63, 3.8) is 0 Å². The van der Waals surface area contributed by atoms with Crippen molar-refractivity contribution in [1.82, 2.24) is 5.16 Å². The van der Waals surface area contributed by atoms with Crippen LogP contribution >= 0.6 is 0 Å². The molecule has 0 atom stereocenters. The highest BCUT2D eigenvalue weighted by Gasteiger charge is 2.05. The molecule has 2 rings (SSSR count). The Morgan fingerprint density at radius 2 is 2.27 bits per heavy atom. The molecule has 0 radical (unpaired) electrons. The molecular formula is C8H7NO2. The molecule has 0 saturated carbocycles. The maximum absolute atomic E-state index is 9.25. The van der Waals surface area contributed by atoms with Crippen LogP contribution in [0.2, 0.25) is 0 Å². The summed E-state index contributed by atoms with van der Waals surface area (Å²) in [5.41, 5.74) is 1.52. The van der Waals surface area contributed by atoms with Crippen molar-refractivity contribution in [2.45, 2.75) is 6.92 Å². The normalized spacial score (nSPS) is 10.6. The van der Waals surface area contributed by atoms with Crippen molar-refractivity contribution in [3.8, 4) is 5.75 Å². The van der Waals surface area contributed by atoms with Gasteiger partial charge in [0.15, 0.2) is 5.75 Å². The van der Waals surface area contributed by atoms with Gasteiger partial charge in [0.25, 0.3) is 0 Å². The van der Waals surface area contributed by atoms with E-state index in [4.69, 9.17) is 4.52 Å².